The largest absolute Gasteiger partial charge is 0.341 e. The number of hydrogen-bond acceptors (Lipinski definition) is 7. The van der Waals surface area contributed by atoms with Gasteiger partial charge in [0.05, 0.1) is 22.4 Å². The molecule has 1 aromatic heterocycles. The molecule has 0 saturated carbocycles. The standard InChI is InChI=1S/C25H27Cl2N7O/c1-31-10-12-33(13-11-31)15-17-6-8-18(9-7-17)29-25-28-14-19-23(30-25)32(2)16-34(24(19)35)22-20(26)4-3-5-21(22)27/h3-9,14H,10-13,15-16H2,1-2H3,(H,28,29,30). The maximum atomic E-state index is 13.2. The molecule has 0 radical (unpaired) electrons. The van der Waals surface area contributed by atoms with Crippen molar-refractivity contribution in [2.24, 2.45) is 0 Å². The highest BCUT2D eigenvalue weighted by Crippen LogP contribution is 2.37. The Bertz CT molecular complexity index is 1210. The molecule has 182 valence electrons. The average Bonchev–Trinajstić information content (AvgIpc) is 2.85. The highest BCUT2D eigenvalue weighted by Gasteiger charge is 2.32. The first-order valence-corrected chi connectivity index (χ1v) is 12.3. The van der Waals surface area contributed by atoms with E-state index in [1.165, 1.54) is 5.56 Å². The summed E-state index contributed by atoms with van der Waals surface area (Å²) in [6.45, 7) is 5.61. The number of para-hydroxylation sites is 1. The lowest BCUT2D eigenvalue weighted by Gasteiger charge is -2.35. The number of piperazine rings is 1. The van der Waals surface area contributed by atoms with E-state index in [0.717, 1.165) is 38.4 Å². The van der Waals surface area contributed by atoms with Crippen molar-refractivity contribution in [3.63, 3.8) is 0 Å². The third-order valence-corrected chi connectivity index (χ3v) is 6.99. The number of hydrogen-bond donors (Lipinski definition) is 1. The molecule has 0 atom stereocenters. The van der Waals surface area contributed by atoms with E-state index in [1.54, 1.807) is 29.3 Å². The number of likely N-dealkylation sites (N-methyl/N-ethyl adjacent to an activating group) is 1. The molecule has 0 spiro atoms. The van der Waals surface area contributed by atoms with E-state index in [2.05, 4.69) is 44.3 Å². The Morgan fingerprint density at radius 1 is 0.971 bits per heavy atom. The average molecular weight is 512 g/mol. The Hall–Kier alpha value is -2.91. The number of nitrogens with zero attached hydrogens (tertiary/aromatic N) is 6. The number of nitrogens with one attached hydrogen (secondary N) is 1. The highest BCUT2D eigenvalue weighted by atomic mass is 35.5. The van der Waals surface area contributed by atoms with Gasteiger partial charge in [-0.25, -0.2) is 4.98 Å². The predicted octanol–water partition coefficient (Wildman–Crippen LogP) is 4.33. The van der Waals surface area contributed by atoms with Gasteiger partial charge in [-0.15, -0.1) is 0 Å². The third kappa shape index (κ3) is 5.06. The zero-order chi connectivity index (χ0) is 24.5. The van der Waals surface area contributed by atoms with Gasteiger partial charge in [-0.1, -0.05) is 41.4 Å². The molecule has 3 aromatic rings. The fourth-order valence-corrected chi connectivity index (χ4v) is 4.97. The molecular formula is C25H27Cl2N7O. The molecule has 1 N–H and O–H groups in total. The molecule has 2 aliphatic rings. The van der Waals surface area contributed by atoms with Crippen LogP contribution in [0.3, 0.4) is 0 Å². The van der Waals surface area contributed by atoms with Crippen LogP contribution in [0, 0.1) is 0 Å². The van der Waals surface area contributed by atoms with Crippen LogP contribution in [0.15, 0.2) is 48.7 Å². The van der Waals surface area contributed by atoms with Crippen molar-refractivity contribution in [3.05, 3.63) is 69.8 Å². The van der Waals surface area contributed by atoms with Gasteiger partial charge in [0.1, 0.15) is 11.4 Å². The van der Waals surface area contributed by atoms with Gasteiger partial charge in [0, 0.05) is 51.7 Å². The van der Waals surface area contributed by atoms with Crippen molar-refractivity contribution < 1.29 is 4.79 Å². The topological polar surface area (TPSA) is 67.8 Å². The Balaban J connectivity index is 1.29. The number of amides is 1. The van der Waals surface area contributed by atoms with Crippen LogP contribution >= 0.6 is 23.2 Å². The summed E-state index contributed by atoms with van der Waals surface area (Å²) in [4.78, 5) is 30.5. The zero-order valence-corrected chi connectivity index (χ0v) is 21.2. The number of carbonyl (C=O) groups is 1. The molecule has 3 heterocycles. The maximum absolute atomic E-state index is 13.2. The minimum absolute atomic E-state index is 0.243. The van der Waals surface area contributed by atoms with E-state index in [0.29, 0.717) is 33.1 Å². The quantitative estimate of drug-likeness (QED) is 0.546. The monoisotopic (exact) mass is 511 g/mol. The molecule has 5 rings (SSSR count). The molecule has 2 aliphatic heterocycles. The van der Waals surface area contributed by atoms with Crippen molar-refractivity contribution in [2.45, 2.75) is 6.54 Å². The molecule has 35 heavy (non-hydrogen) atoms. The molecule has 0 bridgehead atoms. The lowest BCUT2D eigenvalue weighted by Crippen LogP contribution is -2.46. The van der Waals surface area contributed by atoms with Crippen LogP contribution < -0.4 is 15.1 Å². The van der Waals surface area contributed by atoms with Gasteiger partial charge in [-0.2, -0.15) is 4.98 Å². The first-order chi connectivity index (χ1) is 16.9. The second-order valence-corrected chi connectivity index (χ2v) is 9.79. The Morgan fingerprint density at radius 3 is 2.34 bits per heavy atom. The first kappa shape index (κ1) is 23.8. The summed E-state index contributed by atoms with van der Waals surface area (Å²) < 4.78 is 0. The Kier molecular flexibility index (Phi) is 6.80. The summed E-state index contributed by atoms with van der Waals surface area (Å²) >= 11 is 12.7. The van der Waals surface area contributed by atoms with E-state index in [-0.39, 0.29) is 12.6 Å². The van der Waals surface area contributed by atoms with Crippen LogP contribution in [0.1, 0.15) is 15.9 Å². The van der Waals surface area contributed by atoms with Crippen LogP contribution in [0.25, 0.3) is 0 Å². The third-order valence-electron chi connectivity index (χ3n) is 6.38. The number of rotatable bonds is 5. The summed E-state index contributed by atoms with van der Waals surface area (Å²) in [6, 6.07) is 13.5. The summed E-state index contributed by atoms with van der Waals surface area (Å²) in [5.41, 5.74) is 3.04. The van der Waals surface area contributed by atoms with E-state index >= 15 is 0 Å². The molecule has 0 unspecified atom stereocenters. The fourth-order valence-electron chi connectivity index (χ4n) is 4.37. The molecular weight excluding hydrogens is 485 g/mol. The van der Waals surface area contributed by atoms with Gasteiger partial charge in [0.25, 0.3) is 5.91 Å². The molecule has 1 amide bonds. The lowest BCUT2D eigenvalue weighted by atomic mass is 10.1. The van der Waals surface area contributed by atoms with Crippen LogP contribution in [0.2, 0.25) is 10.0 Å². The SMILES string of the molecule is CN1CCN(Cc2ccc(Nc3ncc4c(n3)N(C)CN(c3c(Cl)cccc3Cl)C4=O)cc2)CC1. The number of anilines is 4. The van der Waals surface area contributed by atoms with E-state index in [4.69, 9.17) is 23.2 Å². The van der Waals surface area contributed by atoms with Crippen molar-refractivity contribution in [3.8, 4) is 0 Å². The van der Waals surface area contributed by atoms with Crippen LogP contribution in [-0.2, 0) is 6.54 Å². The van der Waals surface area contributed by atoms with E-state index in [9.17, 15) is 4.79 Å². The summed E-state index contributed by atoms with van der Waals surface area (Å²) in [6.07, 6.45) is 1.54. The number of fused-ring (bicyclic) bond motifs is 1. The van der Waals surface area contributed by atoms with E-state index < -0.39 is 0 Å². The normalized spacial score (nSPS) is 17.0. The van der Waals surface area contributed by atoms with Crippen molar-refractivity contribution in [1.82, 2.24) is 19.8 Å². The zero-order valence-electron chi connectivity index (χ0n) is 19.7. The van der Waals surface area contributed by atoms with Gasteiger partial charge >= 0.3 is 0 Å². The van der Waals surface area contributed by atoms with Crippen molar-refractivity contribution in [1.29, 1.82) is 0 Å². The molecule has 2 aromatic carbocycles. The van der Waals surface area contributed by atoms with Crippen molar-refractivity contribution in [2.75, 3.05) is 62.1 Å². The molecule has 1 saturated heterocycles. The van der Waals surface area contributed by atoms with Crippen LogP contribution in [0.5, 0.6) is 0 Å². The fraction of sp³-hybridized carbons (Fsp3) is 0.320. The van der Waals surface area contributed by atoms with Crippen LogP contribution in [-0.4, -0.2) is 72.6 Å². The van der Waals surface area contributed by atoms with Gasteiger partial charge in [0.15, 0.2) is 0 Å². The summed E-state index contributed by atoms with van der Waals surface area (Å²) in [5.74, 6) is 0.742. The minimum atomic E-state index is -0.243. The Labute approximate surface area is 215 Å². The molecule has 10 heteroatoms. The molecule has 0 aliphatic carbocycles. The number of aromatic nitrogens is 2. The highest BCUT2D eigenvalue weighted by molar-refractivity contribution is 6.40. The van der Waals surface area contributed by atoms with Gasteiger partial charge in [-0.3, -0.25) is 14.6 Å². The molecule has 1 fully saturated rings. The minimum Gasteiger partial charge on any atom is -0.341 e. The van der Waals surface area contributed by atoms with Gasteiger partial charge < -0.3 is 15.1 Å². The maximum Gasteiger partial charge on any atom is 0.265 e. The van der Waals surface area contributed by atoms with Gasteiger partial charge in [-0.05, 0) is 36.9 Å². The smallest absolute Gasteiger partial charge is 0.265 e. The summed E-state index contributed by atoms with van der Waals surface area (Å²) in [5, 5.41) is 4.08. The predicted molar refractivity (Wildman–Crippen MR) is 141 cm³/mol. The number of carbonyl (C=O) groups excluding carboxylic acids is 1. The number of halogens is 2. The van der Waals surface area contributed by atoms with Gasteiger partial charge in [0.2, 0.25) is 5.95 Å². The Morgan fingerprint density at radius 2 is 1.66 bits per heavy atom. The lowest BCUT2D eigenvalue weighted by molar-refractivity contribution is 0.0982. The van der Waals surface area contributed by atoms with E-state index in [1.807, 2.05) is 24.1 Å². The molecule has 8 nitrogen and oxygen atoms in total. The van der Waals surface area contributed by atoms with Crippen LogP contribution in [0.4, 0.5) is 23.1 Å². The second-order valence-electron chi connectivity index (χ2n) is 8.98. The second kappa shape index (κ2) is 9.99. The summed E-state index contributed by atoms with van der Waals surface area (Å²) in [7, 11) is 4.03. The number of benzene rings is 2. The van der Waals surface area contributed by atoms with Crippen molar-refractivity contribution >= 4 is 52.3 Å². The first-order valence-electron chi connectivity index (χ1n) is 11.5.